The summed E-state index contributed by atoms with van der Waals surface area (Å²) in [7, 11) is 0. The van der Waals surface area contributed by atoms with Crippen LogP contribution < -0.4 is 10.2 Å². The van der Waals surface area contributed by atoms with Crippen molar-refractivity contribution in [3.05, 3.63) is 11.1 Å². The Hall–Kier alpha value is -0.610. The Kier molecular flexibility index (Phi) is 5.44. The third kappa shape index (κ3) is 4.19. The molecule has 4 heteroatoms. The zero-order valence-corrected chi connectivity index (χ0v) is 14.2. The molecule has 1 saturated heterocycles. The van der Waals surface area contributed by atoms with Crippen molar-refractivity contribution in [2.24, 2.45) is 11.3 Å². The maximum Gasteiger partial charge on any atom is 0.185 e. The Morgan fingerprint density at radius 2 is 2.10 bits per heavy atom. The van der Waals surface area contributed by atoms with Crippen LogP contribution in [0.4, 0.5) is 5.13 Å². The van der Waals surface area contributed by atoms with Crippen LogP contribution >= 0.6 is 11.3 Å². The maximum atomic E-state index is 4.79. The van der Waals surface area contributed by atoms with Crippen LogP contribution in [0.1, 0.15) is 52.7 Å². The molecule has 1 N–H and O–H groups in total. The minimum atomic E-state index is 0.551. The third-order valence-electron chi connectivity index (χ3n) is 4.49. The molecule has 0 aliphatic carbocycles. The summed E-state index contributed by atoms with van der Waals surface area (Å²) in [5.41, 5.74) is 1.74. The van der Waals surface area contributed by atoms with Crippen molar-refractivity contribution in [2.75, 3.05) is 24.5 Å². The van der Waals surface area contributed by atoms with Crippen LogP contribution in [0.25, 0.3) is 0 Å². The number of nitrogens with zero attached hydrogens (tertiary/aromatic N) is 2. The van der Waals surface area contributed by atoms with Crippen molar-refractivity contribution in [1.29, 1.82) is 0 Å². The van der Waals surface area contributed by atoms with E-state index >= 15 is 0 Å². The van der Waals surface area contributed by atoms with E-state index in [-0.39, 0.29) is 0 Å². The van der Waals surface area contributed by atoms with Gasteiger partial charge >= 0.3 is 0 Å². The van der Waals surface area contributed by atoms with Gasteiger partial charge in [0.05, 0.1) is 5.69 Å². The van der Waals surface area contributed by atoms with E-state index < -0.39 is 0 Å². The zero-order chi connectivity index (χ0) is 14.6. The van der Waals surface area contributed by atoms with Crippen LogP contribution in [-0.2, 0) is 6.54 Å². The van der Waals surface area contributed by atoms with Gasteiger partial charge in [0.1, 0.15) is 0 Å². The normalized spacial score (nSPS) is 18.8. The molecule has 2 heterocycles. The van der Waals surface area contributed by atoms with Gasteiger partial charge in [0, 0.05) is 25.0 Å². The lowest BCUT2D eigenvalue weighted by Crippen LogP contribution is -2.38. The highest BCUT2D eigenvalue weighted by molar-refractivity contribution is 7.13. The number of hydrogen-bond donors (Lipinski definition) is 1. The molecule has 0 aromatic carbocycles. The average molecular weight is 295 g/mol. The molecule has 114 valence electrons. The van der Waals surface area contributed by atoms with Crippen LogP contribution in [0.15, 0.2) is 5.38 Å². The number of piperidine rings is 1. The van der Waals surface area contributed by atoms with E-state index in [4.69, 9.17) is 4.98 Å². The molecule has 0 unspecified atom stereocenters. The van der Waals surface area contributed by atoms with Gasteiger partial charge in [-0.15, -0.1) is 11.3 Å². The first-order valence-electron chi connectivity index (χ1n) is 7.92. The summed E-state index contributed by atoms with van der Waals surface area (Å²) < 4.78 is 0. The first-order chi connectivity index (χ1) is 9.52. The van der Waals surface area contributed by atoms with Gasteiger partial charge in [0.25, 0.3) is 0 Å². The van der Waals surface area contributed by atoms with E-state index in [1.165, 1.54) is 30.1 Å². The maximum absolute atomic E-state index is 4.79. The lowest BCUT2D eigenvalue weighted by Gasteiger charge is -2.38. The molecule has 0 amide bonds. The van der Waals surface area contributed by atoms with E-state index in [1.54, 1.807) is 11.3 Å². The standard InChI is InChI=1S/C16H29N3S/c1-5-16(4)6-8-19(9-7-16)15-18-14(12-20-15)11-17-10-13(2)3/h12-13,17H,5-11H2,1-4H3. The van der Waals surface area contributed by atoms with Crippen LogP contribution in [0.5, 0.6) is 0 Å². The van der Waals surface area contributed by atoms with Gasteiger partial charge in [0.15, 0.2) is 5.13 Å². The summed E-state index contributed by atoms with van der Waals surface area (Å²) in [4.78, 5) is 7.25. The van der Waals surface area contributed by atoms with Crippen molar-refractivity contribution in [1.82, 2.24) is 10.3 Å². The van der Waals surface area contributed by atoms with Gasteiger partial charge in [-0.2, -0.15) is 0 Å². The predicted molar refractivity (Wildman–Crippen MR) is 88.5 cm³/mol. The molecule has 0 atom stereocenters. The Labute approximate surface area is 127 Å². The highest BCUT2D eigenvalue weighted by Crippen LogP contribution is 2.36. The fourth-order valence-corrected chi connectivity index (χ4v) is 3.48. The number of thiazole rings is 1. The van der Waals surface area contributed by atoms with E-state index in [2.05, 4.69) is 43.3 Å². The molecule has 20 heavy (non-hydrogen) atoms. The number of anilines is 1. The second-order valence-corrected chi connectivity index (χ2v) is 7.63. The van der Waals surface area contributed by atoms with E-state index in [0.29, 0.717) is 11.3 Å². The van der Waals surface area contributed by atoms with Crippen LogP contribution in [0.2, 0.25) is 0 Å². The molecule has 1 aromatic rings. The molecule has 1 fully saturated rings. The molecule has 1 aromatic heterocycles. The van der Waals surface area contributed by atoms with Crippen molar-refractivity contribution in [2.45, 2.75) is 53.5 Å². The first-order valence-corrected chi connectivity index (χ1v) is 8.80. The molecular weight excluding hydrogens is 266 g/mol. The molecular formula is C16H29N3S. The third-order valence-corrected chi connectivity index (χ3v) is 5.44. The Morgan fingerprint density at radius 3 is 2.70 bits per heavy atom. The Balaban J connectivity index is 1.84. The van der Waals surface area contributed by atoms with E-state index in [1.807, 2.05) is 0 Å². The van der Waals surface area contributed by atoms with Gasteiger partial charge in [-0.05, 0) is 30.7 Å². The number of aromatic nitrogens is 1. The number of nitrogens with one attached hydrogen (secondary N) is 1. The van der Waals surface area contributed by atoms with E-state index in [9.17, 15) is 0 Å². The van der Waals surface area contributed by atoms with Gasteiger partial charge in [0.2, 0.25) is 0 Å². The van der Waals surface area contributed by atoms with Crippen molar-refractivity contribution in [3.8, 4) is 0 Å². The van der Waals surface area contributed by atoms with Gasteiger partial charge in [-0.1, -0.05) is 34.1 Å². The lowest BCUT2D eigenvalue weighted by atomic mass is 9.78. The lowest BCUT2D eigenvalue weighted by molar-refractivity contribution is 0.238. The van der Waals surface area contributed by atoms with Crippen LogP contribution in [0.3, 0.4) is 0 Å². The highest BCUT2D eigenvalue weighted by atomic mass is 32.1. The summed E-state index contributed by atoms with van der Waals surface area (Å²) in [5.74, 6) is 0.696. The Morgan fingerprint density at radius 1 is 1.40 bits per heavy atom. The summed E-state index contributed by atoms with van der Waals surface area (Å²) >= 11 is 1.80. The van der Waals surface area contributed by atoms with Gasteiger partial charge in [-0.3, -0.25) is 0 Å². The van der Waals surface area contributed by atoms with Crippen LogP contribution in [0, 0.1) is 11.3 Å². The van der Waals surface area contributed by atoms with Gasteiger partial charge < -0.3 is 10.2 Å². The van der Waals surface area contributed by atoms with Crippen molar-refractivity contribution < 1.29 is 0 Å². The molecule has 0 saturated carbocycles. The average Bonchev–Trinajstić information content (AvgIpc) is 2.88. The quantitative estimate of drug-likeness (QED) is 0.862. The summed E-state index contributed by atoms with van der Waals surface area (Å²) in [6.45, 7) is 13.5. The van der Waals surface area contributed by atoms with Crippen molar-refractivity contribution in [3.63, 3.8) is 0 Å². The van der Waals surface area contributed by atoms with Gasteiger partial charge in [-0.25, -0.2) is 4.98 Å². The fraction of sp³-hybridized carbons (Fsp3) is 0.812. The number of hydrogen-bond acceptors (Lipinski definition) is 4. The SMILES string of the molecule is CCC1(C)CCN(c2nc(CNCC(C)C)cs2)CC1. The minimum absolute atomic E-state index is 0.551. The molecule has 0 bridgehead atoms. The fourth-order valence-electron chi connectivity index (χ4n) is 2.60. The Bertz CT molecular complexity index is 406. The molecule has 1 aliphatic rings. The molecule has 0 spiro atoms. The molecule has 1 aliphatic heterocycles. The second-order valence-electron chi connectivity index (χ2n) is 6.80. The largest absolute Gasteiger partial charge is 0.348 e. The zero-order valence-electron chi connectivity index (χ0n) is 13.4. The van der Waals surface area contributed by atoms with Crippen LogP contribution in [-0.4, -0.2) is 24.6 Å². The molecule has 3 nitrogen and oxygen atoms in total. The summed E-state index contributed by atoms with van der Waals surface area (Å²) in [5, 5.41) is 6.88. The molecule has 2 rings (SSSR count). The summed E-state index contributed by atoms with van der Waals surface area (Å²) in [6.07, 6.45) is 3.89. The first kappa shape index (κ1) is 15.8. The summed E-state index contributed by atoms with van der Waals surface area (Å²) in [6, 6.07) is 0. The molecule has 0 radical (unpaired) electrons. The monoisotopic (exact) mass is 295 g/mol. The van der Waals surface area contributed by atoms with Crippen molar-refractivity contribution >= 4 is 16.5 Å². The second kappa shape index (κ2) is 6.90. The number of rotatable bonds is 6. The smallest absolute Gasteiger partial charge is 0.185 e. The van der Waals surface area contributed by atoms with E-state index in [0.717, 1.165) is 26.2 Å². The minimum Gasteiger partial charge on any atom is -0.348 e. The predicted octanol–water partition coefficient (Wildman–Crippen LogP) is 3.91. The highest BCUT2D eigenvalue weighted by Gasteiger charge is 2.29. The topological polar surface area (TPSA) is 28.2 Å².